The highest BCUT2D eigenvalue weighted by atomic mass is 35.5. The van der Waals surface area contributed by atoms with Crippen molar-refractivity contribution in [3.8, 4) is 22.8 Å². The first-order valence-corrected chi connectivity index (χ1v) is 8.95. The number of nitrogens with zero attached hydrogens (tertiary/aromatic N) is 3. The van der Waals surface area contributed by atoms with E-state index in [0.717, 1.165) is 22.3 Å². The van der Waals surface area contributed by atoms with E-state index in [1.807, 2.05) is 69.4 Å². The Hall–Kier alpha value is -2.70. The lowest BCUT2D eigenvalue weighted by atomic mass is 10.1. The summed E-state index contributed by atoms with van der Waals surface area (Å²) >= 11 is 0. The molecule has 148 valence electrons. The zero-order valence-electron chi connectivity index (χ0n) is 16.3. The monoisotopic (exact) mass is 400 g/mol. The molecule has 2 N–H and O–H groups in total. The van der Waals surface area contributed by atoms with Crippen molar-refractivity contribution < 1.29 is 9.32 Å². The topological polar surface area (TPSA) is 85.2 Å². The van der Waals surface area contributed by atoms with Gasteiger partial charge >= 0.3 is 0 Å². The van der Waals surface area contributed by atoms with Crippen LogP contribution >= 0.6 is 12.4 Å². The molecule has 3 aromatic rings. The molecule has 28 heavy (non-hydrogen) atoms. The van der Waals surface area contributed by atoms with Crippen molar-refractivity contribution >= 4 is 18.3 Å². The van der Waals surface area contributed by atoms with Crippen LogP contribution in [0.15, 0.2) is 53.1 Å². The Morgan fingerprint density at radius 2 is 1.61 bits per heavy atom. The molecule has 0 bridgehead atoms. The summed E-state index contributed by atoms with van der Waals surface area (Å²) in [6.07, 6.45) is 0. The first-order chi connectivity index (χ1) is 13.0. The van der Waals surface area contributed by atoms with Crippen LogP contribution in [-0.4, -0.2) is 28.0 Å². The van der Waals surface area contributed by atoms with Crippen LogP contribution < -0.4 is 5.73 Å². The number of carbonyl (C=O) groups is 1. The third kappa shape index (κ3) is 4.97. The second kappa shape index (κ2) is 9.48. The van der Waals surface area contributed by atoms with E-state index in [1.54, 1.807) is 4.90 Å². The molecular formula is C21H25ClN4O2. The maximum atomic E-state index is 12.0. The second-order valence-corrected chi connectivity index (χ2v) is 6.87. The van der Waals surface area contributed by atoms with Crippen molar-refractivity contribution in [2.75, 3.05) is 7.05 Å². The number of benzene rings is 2. The first kappa shape index (κ1) is 21.6. The van der Waals surface area contributed by atoms with E-state index in [0.29, 0.717) is 24.8 Å². The Morgan fingerprint density at radius 3 is 2.18 bits per heavy atom. The maximum Gasteiger partial charge on any atom is 0.258 e. The van der Waals surface area contributed by atoms with Gasteiger partial charge in [-0.3, -0.25) is 4.79 Å². The second-order valence-electron chi connectivity index (χ2n) is 6.87. The van der Waals surface area contributed by atoms with Crippen molar-refractivity contribution in [3.05, 3.63) is 59.7 Å². The summed E-state index contributed by atoms with van der Waals surface area (Å²) in [5, 5.41) is 4.06. The van der Waals surface area contributed by atoms with Crippen LogP contribution in [0.5, 0.6) is 0 Å². The molecule has 0 aliphatic carbocycles. The molecule has 0 spiro atoms. The minimum atomic E-state index is -0.00925. The van der Waals surface area contributed by atoms with Crippen molar-refractivity contribution in [2.24, 2.45) is 11.7 Å². The Morgan fingerprint density at radius 1 is 1.04 bits per heavy atom. The Balaban J connectivity index is 0.00000280. The Labute approximate surface area is 171 Å². The van der Waals surface area contributed by atoms with E-state index >= 15 is 0 Å². The fourth-order valence-electron chi connectivity index (χ4n) is 2.79. The Kier molecular flexibility index (Phi) is 7.31. The van der Waals surface area contributed by atoms with Crippen LogP contribution in [0.2, 0.25) is 0 Å². The molecule has 0 aliphatic heterocycles. The Bertz CT molecular complexity index is 905. The lowest BCUT2D eigenvalue weighted by molar-refractivity contribution is -0.133. The standard InChI is InChI=1S/C21H24N4O2.ClH/c1-14(2)21(26)25(3)13-16-6-10-18(11-7-16)20-23-19(24-27-20)17-8-4-15(12-22)5-9-17;/h4-11,14H,12-13,22H2,1-3H3;1H. The molecule has 6 nitrogen and oxygen atoms in total. The van der Waals surface area contributed by atoms with E-state index in [-0.39, 0.29) is 24.2 Å². The van der Waals surface area contributed by atoms with Gasteiger partial charge in [0.05, 0.1) is 0 Å². The van der Waals surface area contributed by atoms with Gasteiger partial charge in [0.1, 0.15) is 0 Å². The van der Waals surface area contributed by atoms with Gasteiger partial charge in [0.15, 0.2) is 0 Å². The minimum absolute atomic E-state index is 0. The third-order valence-electron chi connectivity index (χ3n) is 4.36. The molecule has 7 heteroatoms. The molecule has 2 aromatic carbocycles. The molecule has 0 fully saturated rings. The summed E-state index contributed by atoms with van der Waals surface area (Å²) in [7, 11) is 1.82. The van der Waals surface area contributed by atoms with Gasteiger partial charge in [0, 0.05) is 37.2 Å². The predicted molar refractivity (Wildman–Crippen MR) is 112 cm³/mol. The van der Waals surface area contributed by atoms with Gasteiger partial charge in [0.2, 0.25) is 11.7 Å². The van der Waals surface area contributed by atoms with Gasteiger partial charge in [-0.05, 0) is 23.3 Å². The third-order valence-corrected chi connectivity index (χ3v) is 4.36. The molecule has 1 heterocycles. The van der Waals surface area contributed by atoms with Gasteiger partial charge < -0.3 is 15.2 Å². The van der Waals surface area contributed by atoms with E-state index < -0.39 is 0 Å². The fraction of sp³-hybridized carbons (Fsp3) is 0.286. The van der Waals surface area contributed by atoms with Crippen molar-refractivity contribution in [3.63, 3.8) is 0 Å². The van der Waals surface area contributed by atoms with E-state index in [9.17, 15) is 4.79 Å². The normalized spacial score (nSPS) is 10.6. The summed E-state index contributed by atoms with van der Waals surface area (Å²) in [5.74, 6) is 1.12. The highest BCUT2D eigenvalue weighted by molar-refractivity contribution is 5.85. The molecule has 0 radical (unpaired) electrons. The first-order valence-electron chi connectivity index (χ1n) is 8.95. The van der Waals surface area contributed by atoms with Gasteiger partial charge in [-0.2, -0.15) is 4.98 Å². The molecule has 1 amide bonds. The highest BCUT2D eigenvalue weighted by Gasteiger charge is 2.14. The molecular weight excluding hydrogens is 376 g/mol. The van der Waals surface area contributed by atoms with Crippen LogP contribution in [0.1, 0.15) is 25.0 Å². The average molecular weight is 401 g/mol. The number of aromatic nitrogens is 2. The summed E-state index contributed by atoms with van der Waals surface area (Å²) < 4.78 is 5.40. The number of amides is 1. The van der Waals surface area contributed by atoms with Crippen LogP contribution in [0.25, 0.3) is 22.8 Å². The van der Waals surface area contributed by atoms with Crippen molar-refractivity contribution in [1.82, 2.24) is 15.0 Å². The fourth-order valence-corrected chi connectivity index (χ4v) is 2.79. The maximum absolute atomic E-state index is 12.0. The van der Waals surface area contributed by atoms with Crippen molar-refractivity contribution in [1.29, 1.82) is 0 Å². The lowest BCUT2D eigenvalue weighted by Gasteiger charge is -2.19. The molecule has 0 saturated heterocycles. The quantitative estimate of drug-likeness (QED) is 0.678. The summed E-state index contributed by atoms with van der Waals surface area (Å²) in [4.78, 5) is 18.2. The molecule has 0 unspecified atom stereocenters. The van der Waals surface area contributed by atoms with Gasteiger partial charge in [-0.15, -0.1) is 12.4 Å². The van der Waals surface area contributed by atoms with Gasteiger partial charge in [-0.25, -0.2) is 0 Å². The van der Waals surface area contributed by atoms with Gasteiger partial charge in [-0.1, -0.05) is 55.4 Å². The van der Waals surface area contributed by atoms with E-state index in [1.165, 1.54) is 0 Å². The zero-order valence-corrected chi connectivity index (χ0v) is 17.1. The van der Waals surface area contributed by atoms with Crippen LogP contribution in [0.3, 0.4) is 0 Å². The molecule has 0 saturated carbocycles. The lowest BCUT2D eigenvalue weighted by Crippen LogP contribution is -2.29. The summed E-state index contributed by atoms with van der Waals surface area (Å²) in [6, 6.07) is 15.6. The zero-order chi connectivity index (χ0) is 19.4. The number of rotatable bonds is 6. The smallest absolute Gasteiger partial charge is 0.258 e. The number of halogens is 1. The number of nitrogens with two attached hydrogens (primary N) is 1. The highest BCUT2D eigenvalue weighted by Crippen LogP contribution is 2.23. The average Bonchev–Trinajstić information content (AvgIpc) is 3.18. The molecule has 0 atom stereocenters. The molecule has 0 aliphatic rings. The largest absolute Gasteiger partial charge is 0.341 e. The number of hydrogen-bond acceptors (Lipinski definition) is 5. The van der Waals surface area contributed by atoms with Gasteiger partial charge in [0.25, 0.3) is 5.89 Å². The molecule has 3 rings (SSSR count). The van der Waals surface area contributed by atoms with Crippen LogP contribution in [-0.2, 0) is 17.9 Å². The number of hydrogen-bond donors (Lipinski definition) is 1. The number of carbonyl (C=O) groups excluding carboxylic acids is 1. The molecule has 1 aromatic heterocycles. The van der Waals surface area contributed by atoms with Crippen LogP contribution in [0, 0.1) is 5.92 Å². The van der Waals surface area contributed by atoms with E-state index in [4.69, 9.17) is 10.3 Å². The van der Waals surface area contributed by atoms with E-state index in [2.05, 4.69) is 10.1 Å². The summed E-state index contributed by atoms with van der Waals surface area (Å²) in [5.41, 5.74) is 9.45. The van der Waals surface area contributed by atoms with Crippen molar-refractivity contribution in [2.45, 2.75) is 26.9 Å². The minimum Gasteiger partial charge on any atom is -0.341 e. The van der Waals surface area contributed by atoms with Crippen LogP contribution in [0.4, 0.5) is 0 Å². The summed E-state index contributed by atoms with van der Waals surface area (Å²) in [6.45, 7) is 4.87. The SMILES string of the molecule is CC(C)C(=O)N(C)Cc1ccc(-c2nc(-c3ccc(CN)cc3)no2)cc1.Cl. The predicted octanol–water partition coefficient (Wildman–Crippen LogP) is 3.90.